The number of ether oxygens (including phenoxy) is 2. The smallest absolute Gasteiger partial charge is 0.218 e. The molecule has 0 aromatic carbocycles. The first kappa shape index (κ1) is 17.9. The number of hydrogen-bond acceptors (Lipinski definition) is 4. The van der Waals surface area contributed by atoms with Gasteiger partial charge in [0, 0.05) is 30.5 Å². The van der Waals surface area contributed by atoms with Gasteiger partial charge in [-0.2, -0.15) is 0 Å². The fraction of sp³-hybridized carbons (Fsp3) is 0.706. The number of nitrogens with zero attached hydrogens (tertiary/aromatic N) is 1. The first-order valence-electron chi connectivity index (χ1n) is 7.95. The van der Waals surface area contributed by atoms with Crippen LogP contribution < -0.4 is 10.1 Å². The molecule has 1 rings (SSSR count). The predicted molar refractivity (Wildman–Crippen MR) is 86.9 cm³/mol. The maximum absolute atomic E-state index is 5.84. The van der Waals surface area contributed by atoms with Gasteiger partial charge in [0.1, 0.15) is 6.61 Å². The second-order valence-electron chi connectivity index (χ2n) is 5.71. The van der Waals surface area contributed by atoms with Crippen molar-refractivity contribution in [3.8, 4) is 5.88 Å². The molecule has 0 aliphatic rings. The molecule has 0 radical (unpaired) electrons. The third-order valence-corrected chi connectivity index (χ3v) is 3.23. The largest absolute Gasteiger partial charge is 0.475 e. The lowest BCUT2D eigenvalue weighted by Gasteiger charge is -2.16. The number of hydrogen-bond donors (Lipinski definition) is 1. The molecule has 0 amide bonds. The SMILES string of the molecule is CCCCOCCOc1nc(C)cc(C)c1CNC(C)C. The summed E-state index contributed by atoms with van der Waals surface area (Å²) in [5.74, 6) is 0.736. The van der Waals surface area contributed by atoms with Crippen molar-refractivity contribution in [1.29, 1.82) is 0 Å². The maximum atomic E-state index is 5.84. The Hall–Kier alpha value is -1.13. The van der Waals surface area contributed by atoms with Crippen LogP contribution in [0.2, 0.25) is 0 Å². The standard InChI is InChI=1S/C17H30N2O2/c1-6-7-8-20-9-10-21-17-16(12-18-13(2)3)14(4)11-15(5)19-17/h11,13,18H,6-10,12H2,1-5H3. The topological polar surface area (TPSA) is 43.4 Å². The summed E-state index contributed by atoms with van der Waals surface area (Å²) in [5, 5.41) is 3.43. The highest BCUT2D eigenvalue weighted by Gasteiger charge is 2.10. The summed E-state index contributed by atoms with van der Waals surface area (Å²) < 4.78 is 11.4. The maximum Gasteiger partial charge on any atom is 0.218 e. The molecule has 1 aromatic heterocycles. The zero-order valence-electron chi connectivity index (χ0n) is 14.2. The van der Waals surface area contributed by atoms with Gasteiger partial charge in [0.25, 0.3) is 0 Å². The molecule has 21 heavy (non-hydrogen) atoms. The fourth-order valence-electron chi connectivity index (χ4n) is 2.02. The van der Waals surface area contributed by atoms with Crippen LogP contribution in [0.3, 0.4) is 0 Å². The van der Waals surface area contributed by atoms with Crippen molar-refractivity contribution in [2.75, 3.05) is 19.8 Å². The van der Waals surface area contributed by atoms with Gasteiger partial charge in [-0.1, -0.05) is 27.2 Å². The van der Waals surface area contributed by atoms with Crippen molar-refractivity contribution in [3.05, 3.63) is 22.9 Å². The van der Waals surface area contributed by atoms with Gasteiger partial charge in [-0.05, 0) is 31.9 Å². The normalized spacial score (nSPS) is 11.1. The molecule has 0 aliphatic heterocycles. The molecular formula is C17H30N2O2. The van der Waals surface area contributed by atoms with E-state index in [0.717, 1.165) is 43.1 Å². The number of rotatable bonds is 10. The van der Waals surface area contributed by atoms with E-state index in [0.29, 0.717) is 19.3 Å². The van der Waals surface area contributed by atoms with Crippen molar-refractivity contribution in [1.82, 2.24) is 10.3 Å². The van der Waals surface area contributed by atoms with E-state index in [1.54, 1.807) is 0 Å². The van der Waals surface area contributed by atoms with Gasteiger partial charge in [-0.25, -0.2) is 4.98 Å². The van der Waals surface area contributed by atoms with Gasteiger partial charge in [0.2, 0.25) is 5.88 Å². The number of pyridine rings is 1. The molecule has 1 aromatic rings. The Morgan fingerprint density at radius 1 is 1.19 bits per heavy atom. The van der Waals surface area contributed by atoms with Crippen molar-refractivity contribution < 1.29 is 9.47 Å². The van der Waals surface area contributed by atoms with Crippen molar-refractivity contribution in [3.63, 3.8) is 0 Å². The molecule has 0 fully saturated rings. The lowest BCUT2D eigenvalue weighted by Crippen LogP contribution is -2.23. The number of unbranched alkanes of at least 4 members (excludes halogenated alkanes) is 1. The van der Waals surface area contributed by atoms with E-state index >= 15 is 0 Å². The first-order chi connectivity index (χ1) is 10.0. The fourth-order valence-corrected chi connectivity index (χ4v) is 2.02. The van der Waals surface area contributed by atoms with Crippen LogP contribution in [-0.2, 0) is 11.3 Å². The molecule has 4 nitrogen and oxygen atoms in total. The number of aryl methyl sites for hydroxylation is 2. The quantitative estimate of drug-likeness (QED) is 0.672. The molecule has 0 saturated heterocycles. The molecule has 1 heterocycles. The molecule has 0 spiro atoms. The Balaban J connectivity index is 2.57. The highest BCUT2D eigenvalue weighted by Crippen LogP contribution is 2.21. The summed E-state index contributed by atoms with van der Waals surface area (Å²) in [7, 11) is 0. The van der Waals surface area contributed by atoms with Gasteiger partial charge in [-0.3, -0.25) is 0 Å². The number of aromatic nitrogens is 1. The van der Waals surface area contributed by atoms with E-state index in [1.165, 1.54) is 5.56 Å². The summed E-state index contributed by atoms with van der Waals surface area (Å²) >= 11 is 0. The molecular weight excluding hydrogens is 264 g/mol. The van der Waals surface area contributed by atoms with Gasteiger partial charge >= 0.3 is 0 Å². The monoisotopic (exact) mass is 294 g/mol. The molecule has 4 heteroatoms. The molecule has 1 N–H and O–H groups in total. The van der Waals surface area contributed by atoms with E-state index in [9.17, 15) is 0 Å². The highest BCUT2D eigenvalue weighted by molar-refractivity contribution is 5.35. The molecule has 0 aliphatic carbocycles. The van der Waals surface area contributed by atoms with E-state index in [-0.39, 0.29) is 0 Å². The van der Waals surface area contributed by atoms with Crippen LogP contribution in [0.4, 0.5) is 0 Å². The predicted octanol–water partition coefficient (Wildman–Crippen LogP) is 3.39. The lowest BCUT2D eigenvalue weighted by atomic mass is 10.1. The Morgan fingerprint density at radius 2 is 1.95 bits per heavy atom. The van der Waals surface area contributed by atoms with Crippen LogP contribution in [0.1, 0.15) is 50.4 Å². The second kappa shape index (κ2) is 9.74. The molecule has 120 valence electrons. The van der Waals surface area contributed by atoms with Crippen LogP contribution in [0.5, 0.6) is 5.88 Å². The van der Waals surface area contributed by atoms with Crippen LogP contribution in [0.15, 0.2) is 6.07 Å². The van der Waals surface area contributed by atoms with Gasteiger partial charge in [0.15, 0.2) is 0 Å². The second-order valence-corrected chi connectivity index (χ2v) is 5.71. The lowest BCUT2D eigenvalue weighted by molar-refractivity contribution is 0.0960. The third-order valence-electron chi connectivity index (χ3n) is 3.23. The van der Waals surface area contributed by atoms with Gasteiger partial charge in [-0.15, -0.1) is 0 Å². The Labute approximate surface area is 129 Å². The molecule has 0 bridgehead atoms. The minimum absolute atomic E-state index is 0.441. The van der Waals surface area contributed by atoms with Crippen molar-refractivity contribution in [2.45, 2.75) is 60.0 Å². The summed E-state index contributed by atoms with van der Waals surface area (Å²) in [4.78, 5) is 4.53. The zero-order valence-corrected chi connectivity index (χ0v) is 14.2. The molecule has 0 unspecified atom stereocenters. The van der Waals surface area contributed by atoms with E-state index in [2.05, 4.69) is 44.1 Å². The van der Waals surface area contributed by atoms with Gasteiger partial charge < -0.3 is 14.8 Å². The summed E-state index contributed by atoms with van der Waals surface area (Å²) in [6.45, 7) is 13.3. The van der Waals surface area contributed by atoms with Crippen LogP contribution in [-0.4, -0.2) is 30.8 Å². The van der Waals surface area contributed by atoms with Crippen molar-refractivity contribution >= 4 is 0 Å². The molecule has 0 saturated carbocycles. The van der Waals surface area contributed by atoms with Gasteiger partial charge in [0.05, 0.1) is 6.61 Å². The number of nitrogens with one attached hydrogen (secondary N) is 1. The zero-order chi connectivity index (χ0) is 15.7. The minimum atomic E-state index is 0.441. The molecule has 0 atom stereocenters. The van der Waals surface area contributed by atoms with Crippen LogP contribution >= 0.6 is 0 Å². The van der Waals surface area contributed by atoms with Crippen molar-refractivity contribution in [2.24, 2.45) is 0 Å². The highest BCUT2D eigenvalue weighted by atomic mass is 16.5. The first-order valence-corrected chi connectivity index (χ1v) is 7.95. The Bertz CT molecular complexity index is 419. The Morgan fingerprint density at radius 3 is 2.62 bits per heavy atom. The van der Waals surface area contributed by atoms with E-state index < -0.39 is 0 Å². The average Bonchev–Trinajstić information content (AvgIpc) is 2.41. The average molecular weight is 294 g/mol. The van der Waals surface area contributed by atoms with E-state index in [1.807, 2.05) is 6.92 Å². The third kappa shape index (κ3) is 6.91. The van der Waals surface area contributed by atoms with Crippen LogP contribution in [0.25, 0.3) is 0 Å². The minimum Gasteiger partial charge on any atom is -0.475 e. The summed E-state index contributed by atoms with van der Waals surface area (Å²) in [6.07, 6.45) is 2.26. The summed E-state index contributed by atoms with van der Waals surface area (Å²) in [5.41, 5.74) is 3.35. The summed E-state index contributed by atoms with van der Waals surface area (Å²) in [6, 6.07) is 2.54. The van der Waals surface area contributed by atoms with E-state index in [4.69, 9.17) is 9.47 Å². The van der Waals surface area contributed by atoms with Crippen LogP contribution in [0, 0.1) is 13.8 Å². The Kier molecular flexibility index (Phi) is 8.31.